The van der Waals surface area contributed by atoms with Gasteiger partial charge in [0.05, 0.1) is 0 Å². The van der Waals surface area contributed by atoms with Crippen molar-refractivity contribution in [3.05, 3.63) is 121 Å². The van der Waals surface area contributed by atoms with E-state index < -0.39 is 58.6 Å². The number of benzene rings is 3. The second kappa shape index (κ2) is 40.5. The number of aryl methyl sites for hydroxylation is 3. The van der Waals surface area contributed by atoms with Crippen LogP contribution in [0.4, 0.5) is 5.69 Å². The topological polar surface area (TPSA) is 300 Å². The lowest BCUT2D eigenvalue weighted by molar-refractivity contribution is -0.156. The van der Waals surface area contributed by atoms with Crippen molar-refractivity contribution in [1.29, 1.82) is 0 Å². The van der Waals surface area contributed by atoms with Gasteiger partial charge in [0.1, 0.15) is 34.1 Å². The number of nitrogens with one attached hydrogen (secondary N) is 3. The van der Waals surface area contributed by atoms with Crippen LogP contribution in [0.15, 0.2) is 96.9 Å². The number of carbonyl (C=O) groups excluding carboxylic acids is 6. The molecule has 3 spiro atoms. The Kier molecular flexibility index (Phi) is 31.4. The molecule has 6 saturated carbocycles. The molecule has 4 amide bonds. The molecule has 6 heterocycles. The van der Waals surface area contributed by atoms with E-state index in [1.165, 1.54) is 174 Å². The maximum atomic E-state index is 13.2. The van der Waals surface area contributed by atoms with Crippen molar-refractivity contribution >= 4 is 117 Å². The molecule has 3 aromatic carbocycles. The van der Waals surface area contributed by atoms with E-state index in [2.05, 4.69) is 87.4 Å². The van der Waals surface area contributed by atoms with Crippen LogP contribution in [0.25, 0.3) is 12.2 Å². The van der Waals surface area contributed by atoms with Gasteiger partial charge in [0.25, 0.3) is 17.7 Å². The minimum Gasteiger partial charge on any atom is -0.394 e. The average Bonchev–Trinajstić information content (AvgIpc) is 1.62. The molecule has 15 rings (SSSR count). The fourth-order valence-corrected chi connectivity index (χ4v) is 22.8. The van der Waals surface area contributed by atoms with Crippen LogP contribution in [0.1, 0.15) is 272 Å². The molecule has 12 aliphatic rings. The third kappa shape index (κ3) is 23.4. The second-order valence-corrected chi connectivity index (χ2v) is 40.9. The Labute approximate surface area is 698 Å². The number of hydrogen-bond donors (Lipinski definition) is 3. The first-order valence-electron chi connectivity index (χ1n) is 43.0. The van der Waals surface area contributed by atoms with E-state index >= 15 is 0 Å². The summed E-state index contributed by atoms with van der Waals surface area (Å²) in [4.78, 5) is 86.5. The quantitative estimate of drug-likeness (QED) is 0.0837. The molecular formula is C89H125BrN10O13S3. The number of aliphatic imine (C=N–C) groups is 3. The summed E-state index contributed by atoms with van der Waals surface area (Å²) in [6.07, 6.45) is 41.1. The van der Waals surface area contributed by atoms with E-state index in [4.69, 9.17) is 15.0 Å². The molecule has 23 nitrogen and oxygen atoms in total. The van der Waals surface area contributed by atoms with E-state index in [0.717, 1.165) is 133 Å². The largest absolute Gasteiger partial charge is 0.394 e. The number of nitrogens with zero attached hydrogens (tertiary/aromatic N) is 7. The summed E-state index contributed by atoms with van der Waals surface area (Å²) in [6, 6.07) is 19.1. The number of rotatable bonds is 17. The van der Waals surface area contributed by atoms with Crippen LogP contribution in [0, 0.1) is 50.4 Å². The molecule has 3 saturated heterocycles. The van der Waals surface area contributed by atoms with Gasteiger partial charge < -0.3 is 25.6 Å². The Balaban J connectivity index is 0.000000155. The zero-order chi connectivity index (χ0) is 83.0. The molecule has 9 fully saturated rings. The Bertz CT molecular complexity index is 4520. The van der Waals surface area contributed by atoms with Crippen molar-refractivity contribution < 1.29 is 58.8 Å². The van der Waals surface area contributed by atoms with Gasteiger partial charge in [-0.3, -0.25) is 43.7 Å². The SMILES string of the molecule is C=CS(=O)(=O)N1CCC2(CC1)N=C(C1CCCCC1)NC2=O.CC(=O)N(c1ccc(/C=C/S(=O)(=O)N2CCC3(CC2)N=C(C2CCCCC2)NC3=O)c(C)c1)C1CCCC1.CC(=O)OC(C)=O.Cc1cc(CC2CCCC2)ccc1/C=C/S(=O)(=O)N1CCC2(CC1)N=C(C1CCCCC1)NC2=O.Cc1cc(CC2CCCC2)ccc1Br. The number of carbonyl (C=O) groups is 6. The summed E-state index contributed by atoms with van der Waals surface area (Å²) in [5.41, 5.74) is 6.50. The fraction of sp³-hybridized carbons (Fsp3) is 0.629. The molecule has 3 aromatic rings. The van der Waals surface area contributed by atoms with Gasteiger partial charge in [-0.2, -0.15) is 12.9 Å². The smallest absolute Gasteiger partial charge is 0.310 e. The summed E-state index contributed by atoms with van der Waals surface area (Å²) in [5.74, 6) is 4.05. The predicted octanol–water partition coefficient (Wildman–Crippen LogP) is 15.5. The summed E-state index contributed by atoms with van der Waals surface area (Å²) in [5, 5.41) is 12.6. The molecule has 634 valence electrons. The molecule has 0 bridgehead atoms. The number of hydrogen-bond acceptors (Lipinski definition) is 16. The van der Waals surface area contributed by atoms with Gasteiger partial charge >= 0.3 is 11.9 Å². The van der Waals surface area contributed by atoms with E-state index in [1.54, 1.807) is 19.1 Å². The Hall–Kier alpha value is -6.88. The lowest BCUT2D eigenvalue weighted by Crippen LogP contribution is -2.50. The van der Waals surface area contributed by atoms with Crippen LogP contribution in [-0.4, -0.2) is 153 Å². The highest BCUT2D eigenvalue weighted by molar-refractivity contribution is 9.10. The lowest BCUT2D eigenvalue weighted by Gasteiger charge is -2.34. The molecule has 0 unspecified atom stereocenters. The van der Waals surface area contributed by atoms with Crippen molar-refractivity contribution in [2.24, 2.45) is 44.6 Å². The summed E-state index contributed by atoms with van der Waals surface area (Å²) < 4.78 is 85.6. The highest BCUT2D eigenvalue weighted by atomic mass is 79.9. The number of amidine groups is 3. The minimum atomic E-state index is -3.64. The number of esters is 2. The zero-order valence-corrected chi connectivity index (χ0v) is 73.3. The number of halogens is 1. The average molecular weight is 1720 g/mol. The molecule has 27 heteroatoms. The van der Waals surface area contributed by atoms with Crippen LogP contribution in [0.5, 0.6) is 0 Å². The fourth-order valence-electron chi connectivity index (χ4n) is 19.3. The van der Waals surface area contributed by atoms with Gasteiger partial charge in [0.2, 0.25) is 36.0 Å². The normalized spacial score (nSPS) is 22.6. The highest BCUT2D eigenvalue weighted by Gasteiger charge is 2.51. The van der Waals surface area contributed by atoms with Crippen molar-refractivity contribution in [2.75, 3.05) is 44.2 Å². The third-order valence-electron chi connectivity index (χ3n) is 26.2. The number of ether oxygens (including phenoxy) is 1. The van der Waals surface area contributed by atoms with E-state index in [0.29, 0.717) is 82.5 Å². The number of amides is 4. The second-order valence-electron chi connectivity index (χ2n) is 34.5. The van der Waals surface area contributed by atoms with Crippen LogP contribution in [-0.2, 0) is 76.4 Å². The molecule has 0 radical (unpaired) electrons. The number of piperidine rings is 3. The first-order chi connectivity index (χ1) is 55.4. The maximum absolute atomic E-state index is 13.2. The summed E-state index contributed by atoms with van der Waals surface area (Å²) >= 11 is 3.54. The molecule has 3 N–H and O–H groups in total. The van der Waals surface area contributed by atoms with Gasteiger partial charge in [0.15, 0.2) is 0 Å². The van der Waals surface area contributed by atoms with Crippen LogP contribution >= 0.6 is 15.9 Å². The lowest BCUT2D eigenvalue weighted by atomic mass is 9.88. The van der Waals surface area contributed by atoms with Gasteiger partial charge in [-0.1, -0.05) is 181 Å². The summed E-state index contributed by atoms with van der Waals surface area (Å²) in [6.45, 7) is 15.3. The Morgan fingerprint density at radius 2 is 0.793 bits per heavy atom. The molecule has 0 atom stereocenters. The third-order valence-corrected chi connectivity index (χ3v) is 31.7. The van der Waals surface area contributed by atoms with E-state index in [-0.39, 0.29) is 42.8 Å². The summed E-state index contributed by atoms with van der Waals surface area (Å²) in [7, 11) is -10.6. The number of anilines is 1. The molecule has 0 aromatic heterocycles. The monoisotopic (exact) mass is 1720 g/mol. The van der Waals surface area contributed by atoms with Crippen molar-refractivity contribution in [3.63, 3.8) is 0 Å². The maximum Gasteiger partial charge on any atom is 0.310 e. The molecule has 6 aliphatic carbocycles. The molecule has 6 aliphatic heterocycles. The zero-order valence-electron chi connectivity index (χ0n) is 69.3. The Morgan fingerprint density at radius 3 is 1.12 bits per heavy atom. The van der Waals surface area contributed by atoms with Crippen molar-refractivity contribution in [1.82, 2.24) is 28.9 Å². The van der Waals surface area contributed by atoms with Crippen molar-refractivity contribution in [3.8, 4) is 0 Å². The van der Waals surface area contributed by atoms with Gasteiger partial charge in [0, 0.05) is 110 Å². The standard InChI is InChI=1S/C29H40N4O4S.C28H39N3O3S.C15H23N3O3S.C13H17Br.C4H6O3/c1-21-20-26(33(22(2)34)25-10-6-7-11-25)13-12-23(21)14-19-38(36,37)32-17-15-29(16-18-32)28(35)30-27(31-29)24-8-4-3-5-9-24;1-21-19-23(20-22-7-5-6-8-22)11-12-24(21)13-18-35(33,34)31-16-14-28(15-17-31)27(32)29-26(30-28)25-9-3-2-4-10-25;1-2-22(20,21)18-10-8-15(9-11-18)14(19)16-13(17-15)12-6-4-3-5-7-12;1-10-8-12(6-7-13(10)14)9-11-4-2-3-5-11;1-3(5)7-4(2)6/h12-14,19-20,24-25H,3-11,15-18H2,1-2H3,(H,30,31,35);11-13,18-19,22,25H,2-10,14-17,20H2,1H3,(H,29,30,32);2,12H,1,3-11H2,(H,16,17,19);6-8,11H,2-5,9H2,1H3;1-2H3/b19-14+;18-13+;;;. The van der Waals surface area contributed by atoms with Gasteiger partial charge in [-0.15, -0.1) is 0 Å². The number of sulfonamides is 3. The van der Waals surface area contributed by atoms with Crippen molar-refractivity contribution in [2.45, 2.75) is 289 Å². The minimum absolute atomic E-state index is 0.0381. The van der Waals surface area contributed by atoms with Crippen LogP contribution in [0.2, 0.25) is 0 Å². The molecular weight excluding hydrogens is 1590 g/mol. The first-order valence-corrected chi connectivity index (χ1v) is 48.4. The van der Waals surface area contributed by atoms with Crippen LogP contribution < -0.4 is 20.9 Å². The van der Waals surface area contributed by atoms with Gasteiger partial charge in [-0.25, -0.2) is 25.3 Å². The van der Waals surface area contributed by atoms with Gasteiger partial charge in [-0.05, 0) is 205 Å². The van der Waals surface area contributed by atoms with E-state index in [9.17, 15) is 54.0 Å². The first kappa shape index (κ1) is 89.9. The Morgan fingerprint density at radius 1 is 0.466 bits per heavy atom. The molecule has 116 heavy (non-hydrogen) atoms. The van der Waals surface area contributed by atoms with Crippen LogP contribution in [0.3, 0.4) is 0 Å². The van der Waals surface area contributed by atoms with E-state index in [1.807, 2.05) is 36.1 Å². The predicted molar refractivity (Wildman–Crippen MR) is 463 cm³/mol. The highest BCUT2D eigenvalue weighted by Crippen LogP contribution is 2.41.